The van der Waals surface area contributed by atoms with Crippen LogP contribution in [-0.4, -0.2) is 21.3 Å². The fraction of sp³-hybridized carbons (Fsp3) is 0.529. The molecule has 1 aromatic carbocycles. The molecular formula is C17H26N4. The molecule has 0 amide bonds. The quantitative estimate of drug-likeness (QED) is 0.716. The van der Waals surface area contributed by atoms with Crippen molar-refractivity contribution in [1.82, 2.24) is 20.1 Å². The molecule has 0 aliphatic rings. The van der Waals surface area contributed by atoms with Crippen LogP contribution < -0.4 is 5.32 Å². The zero-order valence-corrected chi connectivity index (χ0v) is 13.2. The molecule has 2 aromatic rings. The second kappa shape index (κ2) is 8.57. The number of unbranched alkanes of at least 4 members (excludes halogenated alkanes) is 2. The largest absolute Gasteiger partial charge is 0.310 e. The van der Waals surface area contributed by atoms with E-state index in [2.05, 4.69) is 46.1 Å². The summed E-state index contributed by atoms with van der Waals surface area (Å²) in [5.74, 6) is 2.02. The molecule has 4 nitrogen and oxygen atoms in total. The van der Waals surface area contributed by atoms with Gasteiger partial charge in [-0.2, -0.15) is 0 Å². The summed E-state index contributed by atoms with van der Waals surface area (Å²) in [5.41, 5.74) is 1.14. The van der Waals surface area contributed by atoms with Crippen molar-refractivity contribution in [2.75, 3.05) is 6.54 Å². The molecule has 0 saturated heterocycles. The number of benzene rings is 1. The molecule has 4 heteroatoms. The van der Waals surface area contributed by atoms with Crippen LogP contribution in [0.3, 0.4) is 0 Å². The Hall–Kier alpha value is -1.68. The number of hydrogen-bond acceptors (Lipinski definition) is 3. The van der Waals surface area contributed by atoms with E-state index in [1.807, 2.05) is 18.2 Å². The molecule has 0 unspecified atom stereocenters. The Labute approximate surface area is 127 Å². The number of nitrogens with one attached hydrogen (secondary N) is 1. The third-order valence-corrected chi connectivity index (χ3v) is 3.58. The molecule has 0 bridgehead atoms. The highest BCUT2D eigenvalue weighted by Crippen LogP contribution is 2.18. The fourth-order valence-corrected chi connectivity index (χ4v) is 2.32. The van der Waals surface area contributed by atoms with E-state index in [1.165, 1.54) is 19.3 Å². The summed E-state index contributed by atoms with van der Waals surface area (Å²) in [6.45, 7) is 7.24. The first-order valence-corrected chi connectivity index (χ1v) is 8.05. The lowest BCUT2D eigenvalue weighted by Crippen LogP contribution is -2.18. The van der Waals surface area contributed by atoms with E-state index < -0.39 is 0 Å². The molecule has 114 valence electrons. The van der Waals surface area contributed by atoms with Crippen molar-refractivity contribution in [2.24, 2.45) is 0 Å². The first-order chi connectivity index (χ1) is 10.4. The molecular weight excluding hydrogens is 260 g/mol. The summed E-state index contributed by atoms with van der Waals surface area (Å²) >= 11 is 0. The topological polar surface area (TPSA) is 42.7 Å². The zero-order chi connectivity index (χ0) is 14.9. The molecule has 21 heavy (non-hydrogen) atoms. The summed E-state index contributed by atoms with van der Waals surface area (Å²) < 4.78 is 2.26. The normalized spacial score (nSPS) is 11.0. The van der Waals surface area contributed by atoms with Gasteiger partial charge in [0.15, 0.2) is 5.82 Å². The highest BCUT2D eigenvalue weighted by molar-refractivity contribution is 5.54. The second-order valence-electron chi connectivity index (χ2n) is 5.34. The van der Waals surface area contributed by atoms with Crippen LogP contribution in [0.1, 0.15) is 45.4 Å². The summed E-state index contributed by atoms with van der Waals surface area (Å²) in [6.07, 6.45) is 4.74. The van der Waals surface area contributed by atoms with E-state index in [0.29, 0.717) is 0 Å². The third kappa shape index (κ3) is 4.39. The van der Waals surface area contributed by atoms with Gasteiger partial charge < -0.3 is 9.88 Å². The molecule has 0 aliphatic heterocycles. The third-order valence-electron chi connectivity index (χ3n) is 3.58. The first-order valence-electron chi connectivity index (χ1n) is 8.05. The van der Waals surface area contributed by atoms with Gasteiger partial charge in [0.2, 0.25) is 0 Å². The second-order valence-corrected chi connectivity index (χ2v) is 5.34. The van der Waals surface area contributed by atoms with Crippen molar-refractivity contribution in [3.63, 3.8) is 0 Å². The molecule has 0 saturated carbocycles. The summed E-state index contributed by atoms with van der Waals surface area (Å²) in [7, 11) is 0. The first kappa shape index (κ1) is 15.7. The van der Waals surface area contributed by atoms with Crippen molar-refractivity contribution in [2.45, 2.75) is 52.6 Å². The lowest BCUT2D eigenvalue weighted by molar-refractivity contribution is 0.564. The van der Waals surface area contributed by atoms with Crippen LogP contribution in [0, 0.1) is 0 Å². The average molecular weight is 286 g/mol. The number of rotatable bonds is 9. The monoisotopic (exact) mass is 286 g/mol. The minimum absolute atomic E-state index is 0.795. The molecule has 0 fully saturated rings. The highest BCUT2D eigenvalue weighted by atomic mass is 15.3. The lowest BCUT2D eigenvalue weighted by atomic mass is 10.2. The Morgan fingerprint density at radius 2 is 1.76 bits per heavy atom. The minimum Gasteiger partial charge on any atom is -0.310 e. The van der Waals surface area contributed by atoms with Gasteiger partial charge in [0, 0.05) is 12.1 Å². The Morgan fingerprint density at radius 1 is 1.00 bits per heavy atom. The van der Waals surface area contributed by atoms with E-state index in [1.54, 1.807) is 0 Å². The SMILES string of the molecule is CCCCNCc1nnc(-c2ccccc2)n1CCCC. The van der Waals surface area contributed by atoms with Gasteiger partial charge in [-0.25, -0.2) is 0 Å². The van der Waals surface area contributed by atoms with Gasteiger partial charge in [0.1, 0.15) is 5.82 Å². The van der Waals surface area contributed by atoms with Crippen molar-refractivity contribution < 1.29 is 0 Å². The van der Waals surface area contributed by atoms with Gasteiger partial charge in [-0.3, -0.25) is 0 Å². The van der Waals surface area contributed by atoms with E-state index in [4.69, 9.17) is 0 Å². The van der Waals surface area contributed by atoms with Crippen LogP contribution in [-0.2, 0) is 13.1 Å². The van der Waals surface area contributed by atoms with Gasteiger partial charge in [-0.1, -0.05) is 57.0 Å². The maximum Gasteiger partial charge on any atom is 0.163 e. The zero-order valence-electron chi connectivity index (χ0n) is 13.2. The van der Waals surface area contributed by atoms with Gasteiger partial charge in [0.25, 0.3) is 0 Å². The van der Waals surface area contributed by atoms with Gasteiger partial charge in [-0.15, -0.1) is 10.2 Å². The molecule has 0 atom stereocenters. The number of nitrogens with zero attached hydrogens (tertiary/aromatic N) is 3. The Morgan fingerprint density at radius 3 is 2.48 bits per heavy atom. The smallest absolute Gasteiger partial charge is 0.163 e. The van der Waals surface area contributed by atoms with Gasteiger partial charge in [0.05, 0.1) is 6.54 Å². The Kier molecular flexibility index (Phi) is 6.41. The maximum atomic E-state index is 4.41. The Bertz CT molecular complexity index is 519. The highest BCUT2D eigenvalue weighted by Gasteiger charge is 2.12. The molecule has 0 aliphatic carbocycles. The van der Waals surface area contributed by atoms with Crippen LogP contribution in [0.5, 0.6) is 0 Å². The fourth-order valence-electron chi connectivity index (χ4n) is 2.32. The molecule has 1 heterocycles. The van der Waals surface area contributed by atoms with Crippen molar-refractivity contribution in [1.29, 1.82) is 0 Å². The summed E-state index contributed by atoms with van der Waals surface area (Å²) in [4.78, 5) is 0. The average Bonchev–Trinajstić information content (AvgIpc) is 2.93. The predicted molar refractivity (Wildman–Crippen MR) is 87.0 cm³/mol. The molecule has 0 spiro atoms. The number of aromatic nitrogens is 3. The molecule has 0 radical (unpaired) electrons. The summed E-state index contributed by atoms with van der Waals surface area (Å²) in [5, 5.41) is 12.3. The van der Waals surface area contributed by atoms with Crippen LogP contribution in [0.15, 0.2) is 30.3 Å². The minimum atomic E-state index is 0.795. The molecule has 1 aromatic heterocycles. The van der Waals surface area contributed by atoms with E-state index in [-0.39, 0.29) is 0 Å². The van der Waals surface area contributed by atoms with Crippen LogP contribution >= 0.6 is 0 Å². The summed E-state index contributed by atoms with van der Waals surface area (Å²) in [6, 6.07) is 10.3. The van der Waals surface area contributed by atoms with Crippen molar-refractivity contribution >= 4 is 0 Å². The van der Waals surface area contributed by atoms with Gasteiger partial charge in [-0.05, 0) is 19.4 Å². The van der Waals surface area contributed by atoms with Crippen LogP contribution in [0.4, 0.5) is 0 Å². The number of hydrogen-bond donors (Lipinski definition) is 1. The van der Waals surface area contributed by atoms with Crippen molar-refractivity contribution in [3.05, 3.63) is 36.2 Å². The van der Waals surface area contributed by atoms with E-state index in [0.717, 1.165) is 43.3 Å². The predicted octanol–water partition coefficient (Wildman–Crippen LogP) is 3.63. The standard InChI is InChI=1S/C17H26N4/c1-3-5-12-18-14-16-19-20-17(21(16)13-6-4-2)15-10-8-7-9-11-15/h7-11,18H,3-6,12-14H2,1-2H3. The molecule has 2 rings (SSSR count). The maximum absolute atomic E-state index is 4.41. The van der Waals surface area contributed by atoms with E-state index in [9.17, 15) is 0 Å². The van der Waals surface area contributed by atoms with E-state index >= 15 is 0 Å². The van der Waals surface area contributed by atoms with Crippen LogP contribution in [0.2, 0.25) is 0 Å². The Balaban J connectivity index is 2.15. The van der Waals surface area contributed by atoms with Crippen molar-refractivity contribution in [3.8, 4) is 11.4 Å². The van der Waals surface area contributed by atoms with Gasteiger partial charge >= 0.3 is 0 Å². The lowest BCUT2D eigenvalue weighted by Gasteiger charge is -2.10. The van der Waals surface area contributed by atoms with Crippen LogP contribution in [0.25, 0.3) is 11.4 Å². The molecule has 1 N–H and O–H groups in total.